The van der Waals surface area contributed by atoms with Crippen LogP contribution in [0.2, 0.25) is 0 Å². The zero-order chi connectivity index (χ0) is 18.5. The number of benzene rings is 2. The quantitative estimate of drug-likeness (QED) is 0.573. The fourth-order valence-electron chi connectivity index (χ4n) is 3.81. The molecule has 0 saturated heterocycles. The Balaban J connectivity index is 1.92. The van der Waals surface area contributed by atoms with Crippen molar-refractivity contribution in [3.63, 3.8) is 0 Å². The number of hydrogen-bond donors (Lipinski definition) is 2. The Kier molecular flexibility index (Phi) is 3.27. The Morgan fingerprint density at radius 2 is 1.85 bits per heavy atom. The van der Waals surface area contributed by atoms with Gasteiger partial charge in [0.2, 0.25) is 0 Å². The van der Waals surface area contributed by atoms with Crippen LogP contribution in [0.4, 0.5) is 10.1 Å². The van der Waals surface area contributed by atoms with Gasteiger partial charge in [-0.2, -0.15) is 5.10 Å². The normalized spacial score (nSPS) is 15.1. The first-order valence-corrected chi connectivity index (χ1v) is 8.55. The first-order chi connectivity index (χ1) is 13.1. The maximum Gasteiger partial charge on any atom is 0.251 e. The predicted molar refractivity (Wildman–Crippen MR) is 101 cm³/mol. The van der Waals surface area contributed by atoms with Crippen molar-refractivity contribution in [3.8, 4) is 11.1 Å². The molecule has 2 aromatic carbocycles. The van der Waals surface area contributed by atoms with Crippen LogP contribution in [0.15, 0.2) is 67.0 Å². The number of halogens is 1. The highest BCUT2D eigenvalue weighted by Gasteiger charge is 2.29. The van der Waals surface area contributed by atoms with Crippen LogP contribution in [-0.2, 0) is 0 Å². The maximum atomic E-state index is 14.6. The summed E-state index contributed by atoms with van der Waals surface area (Å²) in [5.41, 5.74) is 10.4. The fraction of sp³-hybridized carbons (Fsp3) is 0.0476. The van der Waals surface area contributed by atoms with Crippen LogP contribution in [0.3, 0.4) is 0 Å². The Morgan fingerprint density at radius 3 is 2.67 bits per heavy atom. The third-order valence-corrected chi connectivity index (χ3v) is 5.00. The SMILES string of the molecule is NC(=O)c1cnn2ccc3c2c1-c1ccccc1NC3c1ccccc1F. The van der Waals surface area contributed by atoms with E-state index in [1.807, 2.05) is 42.6 Å². The molecule has 5 nitrogen and oxygen atoms in total. The van der Waals surface area contributed by atoms with E-state index in [0.717, 1.165) is 22.3 Å². The van der Waals surface area contributed by atoms with Gasteiger partial charge >= 0.3 is 0 Å². The summed E-state index contributed by atoms with van der Waals surface area (Å²) in [6.07, 6.45) is 3.29. The lowest BCUT2D eigenvalue weighted by Crippen LogP contribution is -2.14. The first-order valence-electron chi connectivity index (χ1n) is 8.55. The zero-order valence-corrected chi connectivity index (χ0v) is 14.2. The molecule has 5 rings (SSSR count). The highest BCUT2D eigenvalue weighted by Crippen LogP contribution is 2.43. The third kappa shape index (κ3) is 2.23. The average molecular weight is 358 g/mol. The van der Waals surface area contributed by atoms with Gasteiger partial charge in [-0.15, -0.1) is 0 Å². The van der Waals surface area contributed by atoms with E-state index in [1.165, 1.54) is 12.3 Å². The molecule has 4 aromatic rings. The minimum absolute atomic E-state index is 0.297. The highest BCUT2D eigenvalue weighted by molar-refractivity contribution is 6.06. The molecule has 1 atom stereocenters. The Morgan fingerprint density at radius 1 is 1.07 bits per heavy atom. The minimum Gasteiger partial charge on any atom is -0.373 e. The summed E-state index contributed by atoms with van der Waals surface area (Å²) in [4.78, 5) is 12.1. The van der Waals surface area contributed by atoms with Crippen molar-refractivity contribution in [1.29, 1.82) is 0 Å². The van der Waals surface area contributed by atoms with E-state index < -0.39 is 11.9 Å². The van der Waals surface area contributed by atoms with Crippen molar-refractivity contribution in [2.24, 2.45) is 5.73 Å². The fourth-order valence-corrected chi connectivity index (χ4v) is 3.81. The molecule has 0 fully saturated rings. The summed E-state index contributed by atoms with van der Waals surface area (Å²) in [6.45, 7) is 0. The lowest BCUT2D eigenvalue weighted by atomic mass is 9.96. The number of nitrogens with two attached hydrogens (primary N) is 1. The van der Waals surface area contributed by atoms with E-state index in [1.54, 1.807) is 16.6 Å². The van der Waals surface area contributed by atoms with E-state index in [4.69, 9.17) is 5.73 Å². The summed E-state index contributed by atoms with van der Waals surface area (Å²) in [5.74, 6) is -0.847. The van der Waals surface area contributed by atoms with E-state index in [9.17, 15) is 9.18 Å². The average Bonchev–Trinajstić information content (AvgIpc) is 3.04. The Bertz CT molecular complexity index is 1210. The molecule has 3 N–H and O–H groups in total. The number of rotatable bonds is 2. The second-order valence-electron chi connectivity index (χ2n) is 6.51. The van der Waals surface area contributed by atoms with Crippen LogP contribution >= 0.6 is 0 Å². The van der Waals surface area contributed by atoms with Crippen molar-refractivity contribution in [1.82, 2.24) is 9.61 Å². The van der Waals surface area contributed by atoms with Gasteiger partial charge in [0, 0.05) is 34.1 Å². The minimum atomic E-state index is -0.550. The van der Waals surface area contributed by atoms with Crippen LogP contribution in [-0.4, -0.2) is 15.5 Å². The van der Waals surface area contributed by atoms with Gasteiger partial charge in [0.1, 0.15) is 5.82 Å². The second kappa shape index (κ2) is 5.67. The topological polar surface area (TPSA) is 72.4 Å². The van der Waals surface area contributed by atoms with E-state index in [0.29, 0.717) is 16.7 Å². The predicted octanol–water partition coefficient (Wildman–Crippen LogP) is 3.75. The number of para-hydroxylation sites is 1. The van der Waals surface area contributed by atoms with Gasteiger partial charge < -0.3 is 11.1 Å². The number of aromatic nitrogens is 2. The molecule has 1 unspecified atom stereocenters. The van der Waals surface area contributed by atoms with Crippen LogP contribution in [0.1, 0.15) is 27.5 Å². The molecule has 2 aromatic heterocycles. The highest BCUT2D eigenvalue weighted by atomic mass is 19.1. The van der Waals surface area contributed by atoms with Crippen LogP contribution in [0, 0.1) is 5.82 Å². The molecule has 1 aliphatic heterocycles. The van der Waals surface area contributed by atoms with E-state index >= 15 is 0 Å². The van der Waals surface area contributed by atoms with Crippen LogP contribution in [0.5, 0.6) is 0 Å². The summed E-state index contributed by atoms with van der Waals surface area (Å²) in [7, 11) is 0. The van der Waals surface area contributed by atoms with Crippen molar-refractivity contribution in [2.75, 3.05) is 5.32 Å². The molecule has 1 amide bonds. The van der Waals surface area contributed by atoms with E-state index in [-0.39, 0.29) is 5.82 Å². The van der Waals surface area contributed by atoms with Gasteiger partial charge in [-0.25, -0.2) is 8.91 Å². The number of primary amides is 1. The largest absolute Gasteiger partial charge is 0.373 e. The van der Waals surface area contributed by atoms with Gasteiger partial charge in [-0.05, 0) is 18.2 Å². The monoisotopic (exact) mass is 358 g/mol. The smallest absolute Gasteiger partial charge is 0.251 e. The van der Waals surface area contributed by atoms with Gasteiger partial charge in [0.25, 0.3) is 5.91 Å². The molecular formula is C21H15FN4O. The summed E-state index contributed by atoms with van der Waals surface area (Å²) >= 11 is 0. The number of nitrogens with one attached hydrogen (secondary N) is 1. The number of hydrogen-bond acceptors (Lipinski definition) is 3. The molecule has 3 heterocycles. The van der Waals surface area contributed by atoms with Gasteiger partial charge in [0.15, 0.2) is 0 Å². The molecule has 0 spiro atoms. The zero-order valence-electron chi connectivity index (χ0n) is 14.2. The van der Waals surface area contributed by atoms with Crippen LogP contribution in [0.25, 0.3) is 16.6 Å². The number of carbonyl (C=O) groups excluding carboxylic acids is 1. The molecule has 0 radical (unpaired) electrons. The van der Waals surface area contributed by atoms with Crippen molar-refractivity contribution in [2.45, 2.75) is 6.04 Å². The van der Waals surface area contributed by atoms with Crippen molar-refractivity contribution >= 4 is 17.1 Å². The lowest BCUT2D eigenvalue weighted by Gasteiger charge is -2.20. The number of carbonyl (C=O) groups is 1. The molecule has 27 heavy (non-hydrogen) atoms. The van der Waals surface area contributed by atoms with E-state index in [2.05, 4.69) is 10.4 Å². The number of nitrogens with zero attached hydrogens (tertiary/aromatic N) is 2. The van der Waals surface area contributed by atoms with Gasteiger partial charge in [-0.3, -0.25) is 4.79 Å². The second-order valence-corrected chi connectivity index (χ2v) is 6.51. The molecule has 6 heteroatoms. The Labute approximate surface area is 154 Å². The summed E-state index contributed by atoms with van der Waals surface area (Å²) in [5, 5.41) is 7.77. The van der Waals surface area contributed by atoms with Crippen molar-refractivity contribution < 1.29 is 9.18 Å². The maximum absolute atomic E-state index is 14.6. The third-order valence-electron chi connectivity index (χ3n) is 5.00. The molecule has 1 aliphatic rings. The first kappa shape index (κ1) is 15.6. The molecule has 0 aliphatic carbocycles. The number of anilines is 1. The number of amides is 1. The number of fused-ring (bicyclic) bond motifs is 2. The molecular weight excluding hydrogens is 343 g/mol. The van der Waals surface area contributed by atoms with Crippen molar-refractivity contribution in [3.05, 3.63) is 89.5 Å². The molecule has 0 bridgehead atoms. The van der Waals surface area contributed by atoms with Gasteiger partial charge in [0.05, 0.1) is 23.3 Å². The van der Waals surface area contributed by atoms with Gasteiger partial charge in [-0.1, -0.05) is 36.4 Å². The summed E-state index contributed by atoms with van der Waals surface area (Å²) in [6, 6.07) is 15.8. The lowest BCUT2D eigenvalue weighted by molar-refractivity contribution is 0.100. The Hall–Kier alpha value is -3.67. The summed E-state index contributed by atoms with van der Waals surface area (Å²) < 4.78 is 16.3. The molecule has 0 saturated carbocycles. The molecule has 132 valence electrons. The van der Waals surface area contributed by atoms with Crippen LogP contribution < -0.4 is 11.1 Å². The standard InChI is InChI=1S/C21H15FN4O/c22-16-7-3-1-5-12(16)19-14-9-10-26-20(14)18(15(11-24-26)21(23)27)13-6-2-4-8-17(13)25-19/h1-11,19,25H,(H2,23,27).